The number of aryl methyl sites for hydroxylation is 1. The zero-order valence-electron chi connectivity index (χ0n) is 9.31. The fourth-order valence-electron chi connectivity index (χ4n) is 2.01. The van der Waals surface area contributed by atoms with Crippen LogP contribution >= 0.6 is 11.8 Å². The van der Waals surface area contributed by atoms with E-state index in [1.807, 2.05) is 23.5 Å². The molecule has 0 bridgehead atoms. The van der Waals surface area contributed by atoms with E-state index in [2.05, 4.69) is 17.0 Å². The van der Waals surface area contributed by atoms with Crippen molar-refractivity contribution in [2.24, 2.45) is 12.8 Å². The highest BCUT2D eigenvalue weighted by Gasteiger charge is 2.36. The van der Waals surface area contributed by atoms with Crippen LogP contribution in [0.2, 0.25) is 0 Å². The molecule has 0 amide bonds. The highest BCUT2D eigenvalue weighted by atomic mass is 32.2. The summed E-state index contributed by atoms with van der Waals surface area (Å²) < 4.78 is 2.04. The van der Waals surface area contributed by atoms with E-state index in [1.165, 1.54) is 18.6 Å². The van der Waals surface area contributed by atoms with Crippen LogP contribution in [-0.2, 0) is 13.5 Å². The van der Waals surface area contributed by atoms with Crippen LogP contribution in [0.4, 0.5) is 0 Å². The molecule has 15 heavy (non-hydrogen) atoms. The largest absolute Gasteiger partial charge is 0.326 e. The summed E-state index contributed by atoms with van der Waals surface area (Å²) >= 11 is 2.00. The Hall–Kier alpha value is -0.550. The molecule has 1 saturated heterocycles. The van der Waals surface area contributed by atoms with E-state index in [4.69, 9.17) is 5.73 Å². The molecule has 2 unspecified atom stereocenters. The average molecular weight is 226 g/mol. The highest BCUT2D eigenvalue weighted by Crippen LogP contribution is 2.40. The van der Waals surface area contributed by atoms with E-state index >= 15 is 0 Å². The number of thioether (sulfide) groups is 1. The van der Waals surface area contributed by atoms with Crippen LogP contribution in [0, 0.1) is 0 Å². The van der Waals surface area contributed by atoms with Crippen LogP contribution in [0.25, 0.3) is 0 Å². The van der Waals surface area contributed by atoms with E-state index in [0.717, 1.165) is 12.2 Å². The first-order valence-electron chi connectivity index (χ1n) is 5.34. The lowest BCUT2D eigenvalue weighted by Gasteiger charge is -2.29. The molecule has 2 atom stereocenters. The highest BCUT2D eigenvalue weighted by molar-refractivity contribution is 8.00. The molecule has 2 heterocycles. The summed E-state index contributed by atoms with van der Waals surface area (Å²) in [7, 11) is 1.92. The first-order valence-corrected chi connectivity index (χ1v) is 6.33. The van der Waals surface area contributed by atoms with Gasteiger partial charge >= 0.3 is 0 Å². The second-order valence-electron chi connectivity index (χ2n) is 4.38. The third kappa shape index (κ3) is 2.18. The molecular weight excluding hydrogens is 208 g/mol. The van der Waals surface area contributed by atoms with Crippen molar-refractivity contribution in [2.75, 3.05) is 5.75 Å². The van der Waals surface area contributed by atoms with Crippen LogP contribution in [-0.4, -0.2) is 31.3 Å². The number of hydrogen-bond donors (Lipinski definition) is 1. The zero-order chi connectivity index (χ0) is 10.9. The fourth-order valence-corrected chi connectivity index (χ4v) is 3.35. The number of nitrogens with two attached hydrogens (primary N) is 1. The Morgan fingerprint density at radius 3 is 3.07 bits per heavy atom. The monoisotopic (exact) mass is 226 g/mol. The van der Waals surface area contributed by atoms with Crippen LogP contribution in [0.5, 0.6) is 0 Å². The van der Waals surface area contributed by atoms with E-state index in [-0.39, 0.29) is 10.8 Å². The van der Waals surface area contributed by atoms with Gasteiger partial charge in [0.1, 0.15) is 12.2 Å². The number of nitrogens with zero attached hydrogens (tertiary/aromatic N) is 3. The molecule has 2 rings (SSSR count). The predicted molar refractivity (Wildman–Crippen MR) is 62.8 cm³/mol. The Morgan fingerprint density at radius 2 is 2.53 bits per heavy atom. The Morgan fingerprint density at radius 1 is 1.73 bits per heavy atom. The standard InChI is InChI=1S/C10H18N4S/c1-10(4-3-5-15-10)8(11)6-9-12-7-13-14(9)2/h7-8H,3-6,11H2,1-2H3. The maximum atomic E-state index is 6.27. The second-order valence-corrected chi connectivity index (χ2v) is 6.00. The van der Waals surface area contributed by atoms with Gasteiger partial charge in [-0.2, -0.15) is 16.9 Å². The summed E-state index contributed by atoms with van der Waals surface area (Å²) in [6.45, 7) is 2.27. The van der Waals surface area contributed by atoms with Gasteiger partial charge in [0.15, 0.2) is 0 Å². The fraction of sp³-hybridized carbons (Fsp3) is 0.800. The van der Waals surface area contributed by atoms with E-state index in [1.54, 1.807) is 6.33 Å². The van der Waals surface area contributed by atoms with Crippen molar-refractivity contribution in [1.29, 1.82) is 0 Å². The number of aromatic nitrogens is 3. The summed E-state index contributed by atoms with van der Waals surface area (Å²) in [5.41, 5.74) is 6.27. The molecule has 4 nitrogen and oxygen atoms in total. The van der Waals surface area contributed by atoms with Crippen molar-refractivity contribution in [1.82, 2.24) is 14.8 Å². The van der Waals surface area contributed by atoms with Crippen molar-refractivity contribution in [3.63, 3.8) is 0 Å². The molecule has 1 aromatic heterocycles. The van der Waals surface area contributed by atoms with Crippen molar-refractivity contribution in [2.45, 2.75) is 37.0 Å². The molecule has 84 valence electrons. The Kier molecular flexibility index (Phi) is 3.02. The van der Waals surface area contributed by atoms with Gasteiger partial charge in [-0.15, -0.1) is 0 Å². The lowest BCUT2D eigenvalue weighted by atomic mass is 9.94. The number of hydrogen-bond acceptors (Lipinski definition) is 4. The first kappa shape index (κ1) is 11.0. The predicted octanol–water partition coefficient (Wildman–Crippen LogP) is 0.971. The lowest BCUT2D eigenvalue weighted by molar-refractivity contribution is 0.467. The van der Waals surface area contributed by atoms with Gasteiger partial charge in [0.05, 0.1) is 0 Å². The van der Waals surface area contributed by atoms with E-state index in [0.29, 0.717) is 0 Å². The van der Waals surface area contributed by atoms with Gasteiger partial charge in [0.25, 0.3) is 0 Å². The quantitative estimate of drug-likeness (QED) is 0.834. The molecule has 0 spiro atoms. The van der Waals surface area contributed by atoms with Crippen molar-refractivity contribution in [3.8, 4) is 0 Å². The normalized spacial score (nSPS) is 28.2. The molecule has 2 N–H and O–H groups in total. The lowest BCUT2D eigenvalue weighted by Crippen LogP contribution is -2.43. The van der Waals surface area contributed by atoms with E-state index in [9.17, 15) is 0 Å². The summed E-state index contributed by atoms with van der Waals surface area (Å²) in [6, 6.07) is 0.174. The van der Waals surface area contributed by atoms with Crippen molar-refractivity contribution < 1.29 is 0 Å². The Bertz CT molecular complexity index is 330. The van der Waals surface area contributed by atoms with Gasteiger partial charge in [0, 0.05) is 24.3 Å². The van der Waals surface area contributed by atoms with Gasteiger partial charge in [0.2, 0.25) is 0 Å². The van der Waals surface area contributed by atoms with Gasteiger partial charge in [-0.3, -0.25) is 4.68 Å². The van der Waals surface area contributed by atoms with E-state index < -0.39 is 0 Å². The molecular formula is C10H18N4S. The molecule has 1 aliphatic rings. The minimum atomic E-state index is 0.174. The van der Waals surface area contributed by atoms with Crippen LogP contribution in [0.15, 0.2) is 6.33 Å². The van der Waals surface area contributed by atoms with Crippen LogP contribution < -0.4 is 5.73 Å². The molecule has 1 fully saturated rings. The maximum absolute atomic E-state index is 6.27. The minimum Gasteiger partial charge on any atom is -0.326 e. The zero-order valence-corrected chi connectivity index (χ0v) is 10.1. The molecule has 0 aliphatic carbocycles. The summed E-state index contributed by atoms with van der Waals surface area (Å²) in [4.78, 5) is 4.22. The second kappa shape index (κ2) is 4.14. The minimum absolute atomic E-state index is 0.174. The van der Waals surface area contributed by atoms with Crippen molar-refractivity contribution >= 4 is 11.8 Å². The Balaban J connectivity index is 2.03. The SMILES string of the molecule is Cn1ncnc1CC(N)C1(C)CCCS1. The van der Waals surface area contributed by atoms with Crippen LogP contribution in [0.1, 0.15) is 25.6 Å². The molecule has 1 aliphatic heterocycles. The maximum Gasteiger partial charge on any atom is 0.138 e. The van der Waals surface area contributed by atoms with Gasteiger partial charge in [-0.25, -0.2) is 4.98 Å². The molecule has 0 aromatic carbocycles. The van der Waals surface area contributed by atoms with Crippen LogP contribution in [0.3, 0.4) is 0 Å². The molecule has 1 aromatic rings. The topological polar surface area (TPSA) is 56.7 Å². The van der Waals surface area contributed by atoms with Crippen molar-refractivity contribution in [3.05, 3.63) is 12.2 Å². The molecule has 0 saturated carbocycles. The third-order valence-corrected chi connectivity index (χ3v) is 4.90. The summed E-state index contributed by atoms with van der Waals surface area (Å²) in [5.74, 6) is 2.22. The average Bonchev–Trinajstić information content (AvgIpc) is 2.78. The van der Waals surface area contributed by atoms with Gasteiger partial charge in [-0.1, -0.05) is 0 Å². The van der Waals surface area contributed by atoms with Gasteiger partial charge in [-0.05, 0) is 25.5 Å². The first-order chi connectivity index (χ1) is 7.12. The Labute approximate surface area is 94.6 Å². The third-order valence-electron chi connectivity index (χ3n) is 3.24. The number of rotatable bonds is 3. The smallest absolute Gasteiger partial charge is 0.138 e. The van der Waals surface area contributed by atoms with Gasteiger partial charge < -0.3 is 5.73 Å². The molecule has 0 radical (unpaired) electrons. The summed E-state index contributed by atoms with van der Waals surface area (Å²) in [6.07, 6.45) is 4.91. The summed E-state index contributed by atoms with van der Waals surface area (Å²) in [5, 5.41) is 4.06. The molecule has 5 heteroatoms.